The van der Waals surface area contributed by atoms with Crippen molar-refractivity contribution >= 4 is 39.3 Å². The normalized spacial score (nSPS) is 12.4. The summed E-state index contributed by atoms with van der Waals surface area (Å²) in [5.74, 6) is -1.31. The van der Waals surface area contributed by atoms with E-state index in [1.54, 1.807) is 69.3 Å². The fourth-order valence-electron chi connectivity index (χ4n) is 3.49. The van der Waals surface area contributed by atoms with Crippen LogP contribution in [0.4, 0.5) is 16.2 Å². The van der Waals surface area contributed by atoms with Gasteiger partial charge in [-0.2, -0.15) is 4.41 Å². The van der Waals surface area contributed by atoms with Gasteiger partial charge in [0, 0.05) is 12.1 Å². The van der Waals surface area contributed by atoms with Gasteiger partial charge in [0.1, 0.15) is 5.60 Å². The second-order valence-corrected chi connectivity index (χ2v) is 12.1. The van der Waals surface area contributed by atoms with Crippen LogP contribution in [0, 0.1) is 5.92 Å². The van der Waals surface area contributed by atoms with Gasteiger partial charge < -0.3 is 15.4 Å². The summed E-state index contributed by atoms with van der Waals surface area (Å²) in [7, 11) is -4.11. The molecule has 10 nitrogen and oxygen atoms in total. The Morgan fingerprint density at radius 1 is 0.947 bits per heavy atom. The molecular formula is C27H38N4O6S. The average Bonchev–Trinajstić information content (AvgIpc) is 2.81. The minimum atomic E-state index is -4.11. The number of amides is 3. The number of nitrogens with one attached hydrogen (secondary N) is 2. The van der Waals surface area contributed by atoms with Gasteiger partial charge in [-0.15, -0.1) is 0 Å². The highest BCUT2D eigenvalue weighted by Crippen LogP contribution is 2.25. The Morgan fingerprint density at radius 2 is 1.50 bits per heavy atom. The Kier molecular flexibility index (Phi) is 10.7. The number of ether oxygens (including phenoxy) is 1. The largest absolute Gasteiger partial charge is 0.458 e. The van der Waals surface area contributed by atoms with Crippen molar-refractivity contribution in [2.75, 3.05) is 22.5 Å². The smallest absolute Gasteiger partial charge is 0.333 e. The molecule has 0 spiro atoms. The van der Waals surface area contributed by atoms with E-state index < -0.39 is 46.1 Å². The van der Waals surface area contributed by atoms with Gasteiger partial charge in [-0.3, -0.25) is 4.79 Å². The van der Waals surface area contributed by atoms with E-state index in [2.05, 4.69) is 10.6 Å². The first kappa shape index (κ1) is 30.6. The van der Waals surface area contributed by atoms with E-state index in [9.17, 15) is 22.8 Å². The van der Waals surface area contributed by atoms with E-state index in [0.717, 1.165) is 15.7 Å². The van der Waals surface area contributed by atoms with Crippen LogP contribution in [0.3, 0.4) is 0 Å². The molecule has 3 amide bonds. The quantitative estimate of drug-likeness (QED) is 0.322. The third-order valence-corrected chi connectivity index (χ3v) is 6.15. The molecule has 11 heteroatoms. The molecule has 2 aromatic rings. The fraction of sp³-hybridized carbons (Fsp3) is 0.444. The maximum absolute atomic E-state index is 13.6. The van der Waals surface area contributed by atoms with Crippen molar-refractivity contribution in [1.29, 1.82) is 0 Å². The first-order chi connectivity index (χ1) is 17.7. The van der Waals surface area contributed by atoms with E-state index in [1.807, 2.05) is 13.8 Å². The highest BCUT2D eigenvalue weighted by molar-refractivity contribution is 7.92. The number of carbonyl (C=O) groups is 3. The molecule has 0 aliphatic heterocycles. The Hall–Kier alpha value is -3.60. The van der Waals surface area contributed by atoms with E-state index in [1.165, 1.54) is 12.1 Å². The third kappa shape index (κ3) is 9.70. The second kappa shape index (κ2) is 13.3. The van der Waals surface area contributed by atoms with Gasteiger partial charge in [-0.05, 0) is 57.4 Å². The molecule has 0 unspecified atom stereocenters. The van der Waals surface area contributed by atoms with Crippen LogP contribution in [0.15, 0.2) is 60.7 Å². The number of carbonyl (C=O) groups excluding carboxylic acids is 3. The molecule has 0 fully saturated rings. The van der Waals surface area contributed by atoms with Gasteiger partial charge >= 0.3 is 12.0 Å². The number of benzene rings is 2. The topological polar surface area (TPSA) is 125 Å². The molecule has 38 heavy (non-hydrogen) atoms. The lowest BCUT2D eigenvalue weighted by Gasteiger charge is -2.39. The van der Waals surface area contributed by atoms with Gasteiger partial charge in [0.15, 0.2) is 6.04 Å². The molecule has 0 saturated carbocycles. The van der Waals surface area contributed by atoms with E-state index in [0.29, 0.717) is 12.1 Å². The number of rotatable bonds is 11. The van der Waals surface area contributed by atoms with Crippen LogP contribution in [0.25, 0.3) is 0 Å². The predicted octanol–water partition coefficient (Wildman–Crippen LogP) is 4.16. The van der Waals surface area contributed by atoms with Gasteiger partial charge in [0.25, 0.3) is 0 Å². The van der Waals surface area contributed by atoms with Crippen LogP contribution in [-0.2, 0) is 24.3 Å². The van der Waals surface area contributed by atoms with Crippen molar-refractivity contribution in [2.45, 2.75) is 59.1 Å². The van der Waals surface area contributed by atoms with Gasteiger partial charge in [-0.25, -0.2) is 23.0 Å². The minimum absolute atomic E-state index is 0.0218. The number of sulfonamides is 1. The molecule has 0 bridgehead atoms. The molecule has 1 atom stereocenters. The molecule has 0 aliphatic carbocycles. The maximum atomic E-state index is 13.6. The van der Waals surface area contributed by atoms with Crippen molar-refractivity contribution in [2.24, 2.45) is 5.92 Å². The summed E-state index contributed by atoms with van der Waals surface area (Å²) in [5.41, 5.74) is -0.252. The Morgan fingerprint density at radius 3 is 2.00 bits per heavy atom. The number of nitrogens with zero attached hydrogens (tertiary/aromatic N) is 2. The summed E-state index contributed by atoms with van der Waals surface area (Å²) in [6.45, 7) is 8.45. The molecule has 0 radical (unpaired) electrons. The zero-order valence-electron chi connectivity index (χ0n) is 22.8. The molecule has 0 saturated heterocycles. The van der Waals surface area contributed by atoms with Crippen molar-refractivity contribution in [3.8, 4) is 0 Å². The maximum Gasteiger partial charge on any atom is 0.333 e. The number of urea groups is 1. The number of hydrazine groups is 1. The van der Waals surface area contributed by atoms with E-state index in [4.69, 9.17) is 4.74 Å². The lowest BCUT2D eigenvalue weighted by Crippen LogP contribution is -2.61. The van der Waals surface area contributed by atoms with Gasteiger partial charge in [0.05, 0.1) is 18.5 Å². The predicted molar refractivity (Wildman–Crippen MR) is 148 cm³/mol. The number of esters is 1. The molecule has 0 aliphatic rings. The van der Waals surface area contributed by atoms with Gasteiger partial charge in [-0.1, -0.05) is 50.2 Å². The van der Waals surface area contributed by atoms with Crippen LogP contribution in [0.5, 0.6) is 0 Å². The fourth-order valence-corrected chi connectivity index (χ4v) is 4.51. The molecule has 208 valence electrons. The van der Waals surface area contributed by atoms with Gasteiger partial charge in [0.2, 0.25) is 15.9 Å². The number of anilines is 2. The lowest BCUT2D eigenvalue weighted by molar-refractivity contribution is -0.164. The van der Waals surface area contributed by atoms with Crippen molar-refractivity contribution in [1.82, 2.24) is 10.3 Å². The summed E-state index contributed by atoms with van der Waals surface area (Å²) >= 11 is 0. The number of para-hydroxylation sites is 2. The monoisotopic (exact) mass is 546 g/mol. The SMILES string of the molecule is CC(C)CCC(=O)N([C@H](CNC(=O)Nc1ccccc1)C(=O)OC(C)(C)C)N(c1ccccc1)S(C)(=O)=O. The minimum Gasteiger partial charge on any atom is -0.458 e. The Balaban J connectivity index is 2.53. The number of hydrogen-bond donors (Lipinski definition) is 2. The van der Waals surface area contributed by atoms with E-state index >= 15 is 0 Å². The van der Waals surface area contributed by atoms with Crippen molar-refractivity contribution in [3.63, 3.8) is 0 Å². The zero-order valence-corrected chi connectivity index (χ0v) is 23.6. The first-order valence-corrected chi connectivity index (χ1v) is 14.2. The average molecular weight is 547 g/mol. The first-order valence-electron chi connectivity index (χ1n) is 12.4. The van der Waals surface area contributed by atoms with E-state index in [-0.39, 0.29) is 18.0 Å². The lowest BCUT2D eigenvalue weighted by atomic mass is 10.1. The van der Waals surface area contributed by atoms with Crippen LogP contribution >= 0.6 is 0 Å². The van der Waals surface area contributed by atoms with Crippen LogP contribution < -0.4 is 15.0 Å². The van der Waals surface area contributed by atoms with Crippen molar-refractivity contribution < 1.29 is 27.5 Å². The molecule has 0 heterocycles. The summed E-state index contributed by atoms with van der Waals surface area (Å²) in [4.78, 5) is 39.8. The standard InChI is InChI=1S/C27H38N4O6S/c1-20(2)17-18-24(32)30(31(38(6,35)36)22-15-11-8-12-16-22)23(25(33)37-27(3,4)5)19-28-26(34)29-21-13-9-7-10-14-21/h7-16,20,23H,17-19H2,1-6H3,(H2,28,29,34)/t23-/m1/s1. The molecule has 2 rings (SSSR count). The highest BCUT2D eigenvalue weighted by Gasteiger charge is 2.41. The molecule has 2 N–H and O–H groups in total. The Labute approximate surface area is 225 Å². The molecular weight excluding hydrogens is 508 g/mol. The molecule has 0 aromatic heterocycles. The summed E-state index contributed by atoms with van der Waals surface area (Å²) in [6.07, 6.45) is 1.39. The molecule has 2 aromatic carbocycles. The third-order valence-electron chi connectivity index (χ3n) is 5.14. The summed E-state index contributed by atoms with van der Waals surface area (Å²) in [6, 6.07) is 14.5. The van der Waals surface area contributed by atoms with Crippen LogP contribution in [-0.4, -0.2) is 55.8 Å². The highest BCUT2D eigenvalue weighted by atomic mass is 32.2. The van der Waals surface area contributed by atoms with Crippen molar-refractivity contribution in [3.05, 3.63) is 60.7 Å². The number of hydrogen-bond acceptors (Lipinski definition) is 6. The summed E-state index contributed by atoms with van der Waals surface area (Å²) in [5, 5.41) is 6.13. The second-order valence-electron chi connectivity index (χ2n) is 10.3. The Bertz CT molecular complexity index is 1180. The van der Waals surface area contributed by atoms with Crippen LogP contribution in [0.2, 0.25) is 0 Å². The zero-order chi connectivity index (χ0) is 28.5. The van der Waals surface area contributed by atoms with Crippen LogP contribution in [0.1, 0.15) is 47.5 Å². The summed E-state index contributed by atoms with van der Waals surface area (Å²) < 4.78 is 32.6.